The van der Waals surface area contributed by atoms with Crippen LogP contribution in [0.25, 0.3) is 0 Å². The van der Waals surface area contributed by atoms with Crippen molar-refractivity contribution >= 4 is 17.9 Å². The number of piperazine rings is 1. The van der Waals surface area contributed by atoms with E-state index in [4.69, 9.17) is 9.47 Å². The Bertz CT molecular complexity index is 674. The first kappa shape index (κ1) is 20.5. The van der Waals surface area contributed by atoms with E-state index in [1.165, 1.54) is 0 Å². The summed E-state index contributed by atoms with van der Waals surface area (Å²) in [6.07, 6.45) is -0.373. The van der Waals surface area contributed by atoms with Crippen LogP contribution in [0.3, 0.4) is 0 Å². The summed E-state index contributed by atoms with van der Waals surface area (Å²) in [5.41, 5.74) is -0.0891. The number of hydrogen-bond donors (Lipinski definition) is 1. The standard InChI is InChI=1S/C19H27N3O5/c1-19(2,3)27-18(25)22-11-9-21(10-12-22)16(23)13-20-17(24)14-5-7-15(26-4)8-6-14/h5-8H,9-13H2,1-4H3,(H,20,24). The van der Waals surface area contributed by atoms with Crippen LogP contribution in [0.4, 0.5) is 4.79 Å². The monoisotopic (exact) mass is 377 g/mol. The minimum atomic E-state index is -0.546. The van der Waals surface area contributed by atoms with Crippen molar-refractivity contribution in [3.8, 4) is 5.75 Å². The molecule has 8 nitrogen and oxygen atoms in total. The molecule has 0 spiro atoms. The number of hydrogen-bond acceptors (Lipinski definition) is 5. The van der Waals surface area contributed by atoms with Gasteiger partial charge in [0.25, 0.3) is 5.91 Å². The third kappa shape index (κ3) is 6.16. The third-order valence-corrected chi connectivity index (χ3v) is 4.04. The fourth-order valence-corrected chi connectivity index (χ4v) is 2.58. The van der Waals surface area contributed by atoms with Gasteiger partial charge >= 0.3 is 6.09 Å². The second-order valence-corrected chi connectivity index (χ2v) is 7.26. The Hall–Kier alpha value is -2.77. The van der Waals surface area contributed by atoms with Crippen LogP contribution in [0, 0.1) is 0 Å². The van der Waals surface area contributed by atoms with Crippen molar-refractivity contribution in [1.29, 1.82) is 0 Å². The predicted molar refractivity (Wildman–Crippen MR) is 99.7 cm³/mol. The van der Waals surface area contributed by atoms with Crippen LogP contribution in [-0.4, -0.2) is 73.1 Å². The number of nitrogens with zero attached hydrogens (tertiary/aromatic N) is 2. The molecule has 0 saturated carbocycles. The molecule has 1 aromatic carbocycles. The topological polar surface area (TPSA) is 88.2 Å². The highest BCUT2D eigenvalue weighted by atomic mass is 16.6. The molecule has 1 heterocycles. The number of ether oxygens (including phenoxy) is 2. The molecular weight excluding hydrogens is 350 g/mol. The molecule has 2 rings (SSSR count). The Morgan fingerprint density at radius 3 is 2.07 bits per heavy atom. The first-order valence-corrected chi connectivity index (χ1v) is 8.87. The molecule has 0 bridgehead atoms. The fourth-order valence-electron chi connectivity index (χ4n) is 2.58. The Balaban J connectivity index is 1.77. The van der Waals surface area contributed by atoms with E-state index in [9.17, 15) is 14.4 Å². The molecule has 148 valence electrons. The maximum absolute atomic E-state index is 12.3. The lowest BCUT2D eigenvalue weighted by Gasteiger charge is -2.35. The van der Waals surface area contributed by atoms with E-state index in [2.05, 4.69) is 5.32 Å². The zero-order valence-corrected chi connectivity index (χ0v) is 16.3. The molecule has 0 unspecified atom stereocenters. The summed E-state index contributed by atoms with van der Waals surface area (Å²) in [5, 5.41) is 2.62. The number of rotatable bonds is 4. The van der Waals surface area contributed by atoms with Crippen molar-refractivity contribution < 1.29 is 23.9 Å². The van der Waals surface area contributed by atoms with Gasteiger partial charge in [0, 0.05) is 31.7 Å². The van der Waals surface area contributed by atoms with Crippen molar-refractivity contribution in [1.82, 2.24) is 15.1 Å². The van der Waals surface area contributed by atoms with Gasteiger partial charge in [-0.15, -0.1) is 0 Å². The highest BCUT2D eigenvalue weighted by Crippen LogP contribution is 2.12. The summed E-state index contributed by atoms with van der Waals surface area (Å²) in [6.45, 7) is 7.01. The molecule has 0 aromatic heterocycles. The quantitative estimate of drug-likeness (QED) is 0.859. The number of carbonyl (C=O) groups is 3. The van der Waals surface area contributed by atoms with Gasteiger partial charge in [-0.3, -0.25) is 9.59 Å². The molecule has 0 aliphatic carbocycles. The largest absolute Gasteiger partial charge is 0.497 e. The Kier molecular flexibility index (Phi) is 6.65. The summed E-state index contributed by atoms with van der Waals surface area (Å²) in [6, 6.07) is 6.65. The van der Waals surface area contributed by atoms with Gasteiger partial charge in [-0.05, 0) is 45.0 Å². The molecule has 3 amide bonds. The van der Waals surface area contributed by atoms with E-state index in [-0.39, 0.29) is 24.5 Å². The summed E-state index contributed by atoms with van der Waals surface area (Å²) in [4.78, 5) is 39.7. The number of methoxy groups -OCH3 is 1. The zero-order chi connectivity index (χ0) is 20.0. The summed E-state index contributed by atoms with van der Waals surface area (Å²) < 4.78 is 10.4. The summed E-state index contributed by atoms with van der Waals surface area (Å²) in [7, 11) is 1.55. The Morgan fingerprint density at radius 1 is 1.00 bits per heavy atom. The molecule has 1 fully saturated rings. The predicted octanol–water partition coefficient (Wildman–Crippen LogP) is 1.50. The van der Waals surface area contributed by atoms with Crippen molar-refractivity contribution in [3.63, 3.8) is 0 Å². The van der Waals surface area contributed by atoms with E-state index >= 15 is 0 Å². The van der Waals surface area contributed by atoms with Crippen LogP contribution in [0.2, 0.25) is 0 Å². The lowest BCUT2D eigenvalue weighted by atomic mass is 10.2. The molecule has 1 aromatic rings. The van der Waals surface area contributed by atoms with Crippen LogP contribution in [0.1, 0.15) is 31.1 Å². The third-order valence-electron chi connectivity index (χ3n) is 4.04. The second-order valence-electron chi connectivity index (χ2n) is 7.26. The van der Waals surface area contributed by atoms with Crippen molar-refractivity contribution in [3.05, 3.63) is 29.8 Å². The smallest absolute Gasteiger partial charge is 0.410 e. The van der Waals surface area contributed by atoms with E-state index in [0.717, 1.165) is 0 Å². The lowest BCUT2D eigenvalue weighted by Crippen LogP contribution is -2.53. The number of carbonyl (C=O) groups excluding carboxylic acids is 3. The van der Waals surface area contributed by atoms with Crippen molar-refractivity contribution in [2.75, 3.05) is 39.8 Å². The zero-order valence-electron chi connectivity index (χ0n) is 16.3. The van der Waals surface area contributed by atoms with Crippen LogP contribution >= 0.6 is 0 Å². The molecular formula is C19H27N3O5. The van der Waals surface area contributed by atoms with Gasteiger partial charge in [0.05, 0.1) is 13.7 Å². The number of benzene rings is 1. The first-order valence-electron chi connectivity index (χ1n) is 8.87. The van der Waals surface area contributed by atoms with Gasteiger partial charge in [-0.25, -0.2) is 4.79 Å². The van der Waals surface area contributed by atoms with E-state index in [1.54, 1.807) is 41.2 Å². The summed E-state index contributed by atoms with van der Waals surface area (Å²) >= 11 is 0. The van der Waals surface area contributed by atoms with Gasteiger partial charge in [0.15, 0.2) is 0 Å². The normalized spacial score (nSPS) is 14.5. The SMILES string of the molecule is COc1ccc(C(=O)NCC(=O)N2CCN(C(=O)OC(C)(C)C)CC2)cc1. The average molecular weight is 377 g/mol. The van der Waals surface area contributed by atoms with Crippen LogP contribution in [-0.2, 0) is 9.53 Å². The maximum Gasteiger partial charge on any atom is 0.410 e. The van der Waals surface area contributed by atoms with Crippen LogP contribution in [0.5, 0.6) is 5.75 Å². The van der Waals surface area contributed by atoms with Crippen LogP contribution < -0.4 is 10.1 Å². The molecule has 1 N–H and O–H groups in total. The van der Waals surface area contributed by atoms with Gasteiger partial charge < -0.3 is 24.6 Å². The van der Waals surface area contributed by atoms with Gasteiger partial charge in [-0.1, -0.05) is 0 Å². The Labute approximate surface area is 159 Å². The van der Waals surface area contributed by atoms with E-state index in [0.29, 0.717) is 37.5 Å². The lowest BCUT2D eigenvalue weighted by molar-refractivity contribution is -0.131. The number of nitrogens with one attached hydrogen (secondary N) is 1. The number of amides is 3. The average Bonchev–Trinajstić information content (AvgIpc) is 2.64. The van der Waals surface area contributed by atoms with Crippen molar-refractivity contribution in [2.24, 2.45) is 0 Å². The molecule has 1 aliphatic heterocycles. The first-order chi connectivity index (χ1) is 12.7. The van der Waals surface area contributed by atoms with E-state index in [1.807, 2.05) is 20.8 Å². The minimum absolute atomic E-state index is 0.0860. The second kappa shape index (κ2) is 8.75. The minimum Gasteiger partial charge on any atom is -0.497 e. The highest BCUT2D eigenvalue weighted by Gasteiger charge is 2.27. The molecule has 8 heteroatoms. The molecule has 0 atom stereocenters. The van der Waals surface area contributed by atoms with E-state index < -0.39 is 5.60 Å². The molecule has 1 aliphatic rings. The maximum atomic E-state index is 12.3. The molecule has 0 radical (unpaired) electrons. The molecule has 1 saturated heterocycles. The Morgan fingerprint density at radius 2 is 1.56 bits per heavy atom. The highest BCUT2D eigenvalue weighted by molar-refractivity contribution is 5.96. The fraction of sp³-hybridized carbons (Fsp3) is 0.526. The van der Waals surface area contributed by atoms with Gasteiger partial charge in [0.2, 0.25) is 5.91 Å². The van der Waals surface area contributed by atoms with Gasteiger partial charge in [-0.2, -0.15) is 0 Å². The van der Waals surface area contributed by atoms with Gasteiger partial charge in [0.1, 0.15) is 11.4 Å². The van der Waals surface area contributed by atoms with Crippen LogP contribution in [0.15, 0.2) is 24.3 Å². The molecule has 27 heavy (non-hydrogen) atoms. The van der Waals surface area contributed by atoms with Crippen molar-refractivity contribution in [2.45, 2.75) is 26.4 Å². The summed E-state index contributed by atoms with van der Waals surface area (Å²) in [5.74, 6) is 0.157.